The average molecular weight is 351 g/mol. The number of rotatable bonds is 4. The Balaban J connectivity index is 1.63. The van der Waals surface area contributed by atoms with Crippen LogP contribution in [-0.2, 0) is 6.54 Å². The van der Waals surface area contributed by atoms with Gasteiger partial charge in [0.1, 0.15) is 0 Å². The van der Waals surface area contributed by atoms with Crippen LogP contribution in [-0.4, -0.2) is 31.8 Å². The second-order valence-corrected chi connectivity index (χ2v) is 7.25. The number of nitrogens with zero attached hydrogens (tertiary/aromatic N) is 4. The van der Waals surface area contributed by atoms with Crippen LogP contribution < -0.4 is 0 Å². The van der Waals surface area contributed by atoms with E-state index >= 15 is 0 Å². The quantitative estimate of drug-likeness (QED) is 0.766. The number of aryl methyl sites for hydroxylation is 3. The van der Waals surface area contributed by atoms with Gasteiger partial charge in [-0.1, -0.05) is 29.3 Å². The summed E-state index contributed by atoms with van der Waals surface area (Å²) in [6, 6.07) is 6.72. The van der Waals surface area contributed by atoms with Gasteiger partial charge < -0.3 is 4.52 Å². The Bertz CT molecular complexity index is 897. The Morgan fingerprint density at radius 3 is 2.92 bits per heavy atom. The van der Waals surface area contributed by atoms with Crippen LogP contribution in [0.15, 0.2) is 28.9 Å². The van der Waals surface area contributed by atoms with Gasteiger partial charge in [0.05, 0.1) is 17.9 Å². The molecular weight excluding hydrogens is 326 g/mol. The van der Waals surface area contributed by atoms with Gasteiger partial charge in [-0.15, -0.1) is 0 Å². The van der Waals surface area contributed by atoms with Crippen LogP contribution in [0.5, 0.6) is 0 Å². The maximum atomic E-state index is 5.48. The highest BCUT2D eigenvalue weighted by Crippen LogP contribution is 2.33. The van der Waals surface area contributed by atoms with Gasteiger partial charge in [-0.3, -0.25) is 10.00 Å². The first-order valence-corrected chi connectivity index (χ1v) is 9.26. The molecule has 3 heterocycles. The normalized spacial score (nSPS) is 18.3. The number of hydrogen-bond donors (Lipinski definition) is 1. The number of benzene rings is 1. The van der Waals surface area contributed by atoms with Gasteiger partial charge in [0.15, 0.2) is 5.82 Å². The largest absolute Gasteiger partial charge is 0.338 e. The number of piperidine rings is 1. The van der Waals surface area contributed by atoms with Gasteiger partial charge in [-0.2, -0.15) is 10.1 Å². The van der Waals surface area contributed by atoms with E-state index < -0.39 is 0 Å². The summed E-state index contributed by atoms with van der Waals surface area (Å²) in [5.74, 6) is 1.43. The SMILES string of the molecule is Cc1ccc(C)c(-c2[nH]ncc2CN2CCCCC2c2nc(C)no2)c1. The van der Waals surface area contributed by atoms with E-state index in [2.05, 4.69) is 57.3 Å². The van der Waals surface area contributed by atoms with Gasteiger partial charge in [-0.05, 0) is 51.8 Å². The van der Waals surface area contributed by atoms with E-state index in [-0.39, 0.29) is 6.04 Å². The van der Waals surface area contributed by atoms with Crippen molar-refractivity contribution < 1.29 is 4.52 Å². The van der Waals surface area contributed by atoms with Gasteiger partial charge in [0.25, 0.3) is 0 Å². The summed E-state index contributed by atoms with van der Waals surface area (Å²) in [4.78, 5) is 6.92. The van der Waals surface area contributed by atoms with Crippen molar-refractivity contribution in [2.75, 3.05) is 6.54 Å². The monoisotopic (exact) mass is 351 g/mol. The van der Waals surface area contributed by atoms with Crippen molar-refractivity contribution >= 4 is 0 Å². The fourth-order valence-corrected chi connectivity index (χ4v) is 3.80. The van der Waals surface area contributed by atoms with E-state index in [1.165, 1.54) is 35.1 Å². The summed E-state index contributed by atoms with van der Waals surface area (Å²) in [5.41, 5.74) is 6.05. The molecule has 6 heteroatoms. The Morgan fingerprint density at radius 2 is 2.12 bits per heavy atom. The van der Waals surface area contributed by atoms with Gasteiger partial charge >= 0.3 is 0 Å². The van der Waals surface area contributed by atoms with Crippen LogP contribution >= 0.6 is 0 Å². The molecule has 1 fully saturated rings. The zero-order valence-corrected chi connectivity index (χ0v) is 15.6. The lowest BCUT2D eigenvalue weighted by Crippen LogP contribution is -2.33. The maximum Gasteiger partial charge on any atom is 0.243 e. The fraction of sp³-hybridized carbons (Fsp3) is 0.450. The molecule has 1 aliphatic rings. The smallest absolute Gasteiger partial charge is 0.243 e. The molecule has 2 aromatic heterocycles. The Kier molecular flexibility index (Phi) is 4.59. The first kappa shape index (κ1) is 17.0. The van der Waals surface area contributed by atoms with Gasteiger partial charge in [-0.25, -0.2) is 0 Å². The number of H-pyrrole nitrogens is 1. The van der Waals surface area contributed by atoms with Crippen molar-refractivity contribution in [3.63, 3.8) is 0 Å². The second kappa shape index (κ2) is 7.03. The number of aromatic amines is 1. The molecule has 26 heavy (non-hydrogen) atoms. The molecule has 0 aliphatic carbocycles. The minimum atomic E-state index is 0.186. The standard InChI is InChI=1S/C20H25N5O/c1-13-7-8-14(2)17(10-13)19-16(11-21-23-19)12-25-9-5-4-6-18(25)20-22-15(3)24-26-20/h7-8,10-11,18H,4-6,9,12H2,1-3H3,(H,21,23). The molecule has 4 rings (SSSR count). The molecule has 1 aromatic carbocycles. The Hall–Kier alpha value is -2.47. The number of aromatic nitrogens is 4. The van der Waals surface area contributed by atoms with Crippen LogP contribution in [0.1, 0.15) is 53.7 Å². The third-order valence-electron chi connectivity index (χ3n) is 5.20. The van der Waals surface area contributed by atoms with E-state index in [1.807, 2.05) is 13.1 Å². The van der Waals surface area contributed by atoms with Crippen LogP contribution in [0, 0.1) is 20.8 Å². The van der Waals surface area contributed by atoms with Crippen LogP contribution in [0.25, 0.3) is 11.3 Å². The zero-order chi connectivity index (χ0) is 18.1. The summed E-state index contributed by atoms with van der Waals surface area (Å²) in [7, 11) is 0. The molecular formula is C20H25N5O. The molecule has 0 spiro atoms. The minimum absolute atomic E-state index is 0.186. The molecule has 3 aromatic rings. The average Bonchev–Trinajstić information content (AvgIpc) is 3.27. The number of likely N-dealkylation sites (tertiary alicyclic amines) is 1. The predicted molar refractivity (Wildman–Crippen MR) is 99.5 cm³/mol. The van der Waals surface area contributed by atoms with E-state index in [0.29, 0.717) is 5.82 Å². The molecule has 0 amide bonds. The van der Waals surface area contributed by atoms with Crippen LogP contribution in [0.3, 0.4) is 0 Å². The molecule has 1 aliphatic heterocycles. The van der Waals surface area contributed by atoms with Crippen molar-refractivity contribution in [2.45, 2.75) is 52.6 Å². The minimum Gasteiger partial charge on any atom is -0.338 e. The summed E-state index contributed by atoms with van der Waals surface area (Å²) in [5, 5.41) is 11.5. The lowest BCUT2D eigenvalue weighted by Gasteiger charge is -2.33. The number of nitrogens with one attached hydrogen (secondary N) is 1. The summed E-state index contributed by atoms with van der Waals surface area (Å²) in [6.07, 6.45) is 5.39. The van der Waals surface area contributed by atoms with Gasteiger partial charge in [0, 0.05) is 17.7 Å². The molecule has 1 atom stereocenters. The van der Waals surface area contributed by atoms with E-state index in [4.69, 9.17) is 4.52 Å². The number of hydrogen-bond acceptors (Lipinski definition) is 5. The summed E-state index contributed by atoms with van der Waals surface area (Å²) >= 11 is 0. The van der Waals surface area contributed by atoms with Gasteiger partial charge in [0.2, 0.25) is 5.89 Å². The summed E-state index contributed by atoms with van der Waals surface area (Å²) in [6.45, 7) is 7.99. The molecule has 6 nitrogen and oxygen atoms in total. The van der Waals surface area contributed by atoms with Crippen LogP contribution in [0.2, 0.25) is 0 Å². The van der Waals surface area contributed by atoms with Crippen molar-refractivity contribution in [2.24, 2.45) is 0 Å². The predicted octanol–water partition coefficient (Wildman–Crippen LogP) is 4.11. The highest BCUT2D eigenvalue weighted by molar-refractivity contribution is 5.67. The first-order chi connectivity index (χ1) is 12.6. The third kappa shape index (κ3) is 3.29. The highest BCUT2D eigenvalue weighted by atomic mass is 16.5. The highest BCUT2D eigenvalue weighted by Gasteiger charge is 2.29. The fourth-order valence-electron chi connectivity index (χ4n) is 3.80. The molecule has 136 valence electrons. The second-order valence-electron chi connectivity index (χ2n) is 7.25. The van der Waals surface area contributed by atoms with E-state index in [0.717, 1.165) is 31.1 Å². The molecule has 1 unspecified atom stereocenters. The molecule has 0 saturated carbocycles. The molecule has 0 bridgehead atoms. The van der Waals surface area contributed by atoms with Crippen molar-refractivity contribution in [3.8, 4) is 11.3 Å². The molecule has 1 saturated heterocycles. The van der Waals surface area contributed by atoms with Crippen LogP contribution in [0.4, 0.5) is 0 Å². The van der Waals surface area contributed by atoms with Crippen molar-refractivity contribution in [1.82, 2.24) is 25.2 Å². The van der Waals surface area contributed by atoms with E-state index in [9.17, 15) is 0 Å². The lowest BCUT2D eigenvalue weighted by atomic mass is 9.98. The Morgan fingerprint density at radius 1 is 1.23 bits per heavy atom. The first-order valence-electron chi connectivity index (χ1n) is 9.26. The summed E-state index contributed by atoms with van der Waals surface area (Å²) < 4.78 is 5.48. The van der Waals surface area contributed by atoms with Crippen molar-refractivity contribution in [3.05, 3.63) is 52.8 Å². The van der Waals surface area contributed by atoms with Crippen molar-refractivity contribution in [1.29, 1.82) is 0 Å². The Labute approximate surface area is 153 Å². The molecule has 0 radical (unpaired) electrons. The van der Waals surface area contributed by atoms with E-state index in [1.54, 1.807) is 0 Å². The maximum absolute atomic E-state index is 5.48. The topological polar surface area (TPSA) is 70.8 Å². The lowest BCUT2D eigenvalue weighted by molar-refractivity contribution is 0.111. The zero-order valence-electron chi connectivity index (χ0n) is 15.6. The molecule has 1 N–H and O–H groups in total. The third-order valence-corrected chi connectivity index (χ3v) is 5.20.